The standard InChI is InChI=1S/C8H11ClF2O2S/c1-13-7(12)8(10,11)14-6-4-2-3-5(6)9/h5-6H,2-4H2,1H3. The van der Waals surface area contributed by atoms with E-state index in [1.165, 1.54) is 0 Å². The fourth-order valence-corrected chi connectivity index (χ4v) is 2.93. The predicted octanol–water partition coefficient (Wildman–Crippen LogP) is 2.65. The Morgan fingerprint density at radius 3 is 2.64 bits per heavy atom. The second-order valence-electron chi connectivity index (χ2n) is 3.11. The molecule has 1 aliphatic rings. The van der Waals surface area contributed by atoms with Crippen molar-refractivity contribution in [2.24, 2.45) is 0 Å². The summed E-state index contributed by atoms with van der Waals surface area (Å²) in [5, 5.41) is -4.10. The minimum Gasteiger partial charge on any atom is -0.464 e. The molecule has 1 aliphatic carbocycles. The highest BCUT2D eigenvalue weighted by Crippen LogP contribution is 2.42. The fraction of sp³-hybridized carbons (Fsp3) is 0.875. The van der Waals surface area contributed by atoms with Gasteiger partial charge in [-0.05, 0) is 12.8 Å². The molecule has 1 rings (SSSR count). The molecule has 1 saturated carbocycles. The third-order valence-electron chi connectivity index (χ3n) is 2.09. The van der Waals surface area contributed by atoms with Crippen LogP contribution in [0.3, 0.4) is 0 Å². The molecule has 0 bridgehead atoms. The number of alkyl halides is 3. The second-order valence-corrected chi connectivity index (χ2v) is 5.03. The van der Waals surface area contributed by atoms with E-state index in [0.29, 0.717) is 18.2 Å². The Bertz CT molecular complexity index is 225. The van der Waals surface area contributed by atoms with Crippen LogP contribution in [0.25, 0.3) is 0 Å². The summed E-state index contributed by atoms with van der Waals surface area (Å²) in [6.07, 6.45) is 2.20. The Kier molecular flexibility index (Phi) is 4.01. The van der Waals surface area contributed by atoms with Gasteiger partial charge in [0.05, 0.1) is 7.11 Å². The van der Waals surface area contributed by atoms with Gasteiger partial charge in [-0.25, -0.2) is 4.79 Å². The van der Waals surface area contributed by atoms with Gasteiger partial charge < -0.3 is 4.74 Å². The molecule has 6 heteroatoms. The van der Waals surface area contributed by atoms with Crippen molar-refractivity contribution in [1.29, 1.82) is 0 Å². The number of hydrogen-bond acceptors (Lipinski definition) is 3. The number of halogens is 3. The Balaban J connectivity index is 2.53. The molecule has 0 heterocycles. The summed E-state index contributed by atoms with van der Waals surface area (Å²) < 4.78 is 30.2. The van der Waals surface area contributed by atoms with Crippen LogP contribution in [-0.4, -0.2) is 29.0 Å². The smallest absolute Gasteiger partial charge is 0.389 e. The zero-order valence-electron chi connectivity index (χ0n) is 7.63. The highest BCUT2D eigenvalue weighted by atomic mass is 35.5. The predicted molar refractivity (Wildman–Crippen MR) is 51.8 cm³/mol. The minimum atomic E-state index is -3.48. The molecular weight excluding hydrogens is 234 g/mol. The molecule has 2 unspecified atom stereocenters. The fourth-order valence-electron chi connectivity index (χ4n) is 1.37. The Morgan fingerprint density at radius 2 is 2.21 bits per heavy atom. The quantitative estimate of drug-likeness (QED) is 0.564. The Morgan fingerprint density at radius 1 is 1.57 bits per heavy atom. The molecule has 0 aromatic heterocycles. The van der Waals surface area contributed by atoms with Gasteiger partial charge in [-0.2, -0.15) is 8.78 Å². The zero-order valence-corrected chi connectivity index (χ0v) is 9.21. The number of carbonyl (C=O) groups excluding carboxylic acids is 1. The molecule has 0 aliphatic heterocycles. The average molecular weight is 245 g/mol. The van der Waals surface area contributed by atoms with E-state index in [9.17, 15) is 13.6 Å². The van der Waals surface area contributed by atoms with Gasteiger partial charge in [0.15, 0.2) is 0 Å². The second kappa shape index (κ2) is 4.66. The van der Waals surface area contributed by atoms with Gasteiger partial charge >= 0.3 is 11.2 Å². The normalized spacial score (nSPS) is 27.7. The molecule has 0 amide bonds. The molecule has 0 aromatic carbocycles. The van der Waals surface area contributed by atoms with Gasteiger partial charge in [0.2, 0.25) is 0 Å². The number of thioether (sulfide) groups is 1. The summed E-state index contributed by atoms with van der Waals surface area (Å²) in [6, 6.07) is 0. The van der Waals surface area contributed by atoms with Gasteiger partial charge in [0.1, 0.15) is 0 Å². The Hall–Kier alpha value is -0.0300. The summed E-state index contributed by atoms with van der Waals surface area (Å²) >= 11 is 6.14. The lowest BCUT2D eigenvalue weighted by Gasteiger charge is -2.19. The zero-order chi connectivity index (χ0) is 10.8. The SMILES string of the molecule is COC(=O)C(F)(F)SC1CCCC1Cl. The largest absolute Gasteiger partial charge is 0.464 e. The molecule has 0 N–H and O–H groups in total. The van der Waals surface area contributed by atoms with E-state index >= 15 is 0 Å². The van der Waals surface area contributed by atoms with Gasteiger partial charge in [-0.15, -0.1) is 11.6 Å². The van der Waals surface area contributed by atoms with E-state index in [0.717, 1.165) is 20.0 Å². The maximum Gasteiger partial charge on any atom is 0.389 e. The van der Waals surface area contributed by atoms with Crippen molar-refractivity contribution in [3.05, 3.63) is 0 Å². The van der Waals surface area contributed by atoms with E-state index < -0.39 is 11.2 Å². The number of hydrogen-bond donors (Lipinski definition) is 0. The molecule has 2 atom stereocenters. The van der Waals surface area contributed by atoms with E-state index in [1.54, 1.807) is 0 Å². The summed E-state index contributed by atoms with van der Waals surface area (Å²) in [4.78, 5) is 10.7. The molecule has 0 radical (unpaired) electrons. The number of carbonyl (C=O) groups is 1. The van der Waals surface area contributed by atoms with Gasteiger partial charge in [-0.3, -0.25) is 0 Å². The topological polar surface area (TPSA) is 26.3 Å². The lowest BCUT2D eigenvalue weighted by molar-refractivity contribution is -0.156. The summed E-state index contributed by atoms with van der Waals surface area (Å²) in [5.74, 6) is -1.50. The molecule has 82 valence electrons. The van der Waals surface area contributed by atoms with Crippen LogP contribution in [0.4, 0.5) is 8.78 Å². The van der Waals surface area contributed by atoms with Crippen LogP contribution in [0, 0.1) is 0 Å². The lowest BCUT2D eigenvalue weighted by atomic mass is 10.4. The van der Waals surface area contributed by atoms with Gasteiger partial charge in [-0.1, -0.05) is 18.2 Å². The van der Waals surface area contributed by atoms with Gasteiger partial charge in [0.25, 0.3) is 0 Å². The lowest BCUT2D eigenvalue weighted by Crippen LogP contribution is -2.30. The first-order valence-corrected chi connectivity index (χ1v) is 5.57. The van der Waals surface area contributed by atoms with Crippen molar-refractivity contribution < 1.29 is 18.3 Å². The monoisotopic (exact) mass is 244 g/mol. The summed E-state index contributed by atoms with van der Waals surface area (Å²) in [7, 11) is 0.948. The molecule has 1 fully saturated rings. The maximum absolute atomic E-state index is 13.1. The Labute approximate surface area is 90.3 Å². The number of ether oxygens (including phenoxy) is 1. The first-order chi connectivity index (χ1) is 6.47. The maximum atomic E-state index is 13.1. The van der Waals surface area contributed by atoms with Crippen molar-refractivity contribution in [2.45, 2.75) is 35.1 Å². The number of methoxy groups -OCH3 is 1. The highest BCUT2D eigenvalue weighted by molar-refractivity contribution is 8.01. The highest BCUT2D eigenvalue weighted by Gasteiger charge is 2.45. The molecule has 14 heavy (non-hydrogen) atoms. The van der Waals surface area contributed by atoms with Crippen LogP contribution in [0.1, 0.15) is 19.3 Å². The first-order valence-electron chi connectivity index (χ1n) is 4.25. The molecule has 0 spiro atoms. The van der Waals surface area contributed by atoms with E-state index in [4.69, 9.17) is 11.6 Å². The first kappa shape index (κ1) is 12.0. The van der Waals surface area contributed by atoms with Crippen molar-refractivity contribution in [1.82, 2.24) is 0 Å². The molecule has 0 saturated heterocycles. The van der Waals surface area contributed by atoms with E-state index in [2.05, 4.69) is 4.74 Å². The van der Waals surface area contributed by atoms with E-state index in [-0.39, 0.29) is 10.6 Å². The van der Waals surface area contributed by atoms with Crippen molar-refractivity contribution >= 4 is 29.3 Å². The van der Waals surface area contributed by atoms with Crippen LogP contribution in [-0.2, 0) is 9.53 Å². The van der Waals surface area contributed by atoms with Crippen LogP contribution in [0.15, 0.2) is 0 Å². The summed E-state index contributed by atoms with van der Waals surface area (Å²) in [6.45, 7) is 0. The third-order valence-corrected chi connectivity index (χ3v) is 4.10. The molecule has 0 aromatic rings. The minimum absolute atomic E-state index is 0.268. The average Bonchev–Trinajstić information content (AvgIpc) is 2.50. The molecule has 2 nitrogen and oxygen atoms in total. The summed E-state index contributed by atoms with van der Waals surface area (Å²) in [5.41, 5.74) is 0. The van der Waals surface area contributed by atoms with Gasteiger partial charge in [0, 0.05) is 10.6 Å². The van der Waals surface area contributed by atoms with Crippen LogP contribution in [0.5, 0.6) is 0 Å². The van der Waals surface area contributed by atoms with E-state index in [1.807, 2.05) is 0 Å². The third kappa shape index (κ3) is 2.73. The number of rotatable bonds is 3. The van der Waals surface area contributed by atoms with Crippen molar-refractivity contribution in [2.75, 3.05) is 7.11 Å². The van der Waals surface area contributed by atoms with Crippen LogP contribution >= 0.6 is 23.4 Å². The molecular formula is C8H11ClF2O2S. The van der Waals surface area contributed by atoms with Crippen molar-refractivity contribution in [3.63, 3.8) is 0 Å². The van der Waals surface area contributed by atoms with Crippen molar-refractivity contribution in [3.8, 4) is 0 Å². The number of esters is 1. The van der Waals surface area contributed by atoms with Crippen LogP contribution in [0.2, 0.25) is 0 Å². The van der Waals surface area contributed by atoms with Crippen LogP contribution < -0.4 is 0 Å².